The molecule has 3 rings (SSSR count). The zero-order valence-electron chi connectivity index (χ0n) is 14.3. The third kappa shape index (κ3) is 3.24. The molecule has 2 unspecified atom stereocenters. The van der Waals surface area contributed by atoms with Gasteiger partial charge in [-0.3, -0.25) is 4.79 Å². The van der Waals surface area contributed by atoms with E-state index in [1.54, 1.807) is 7.11 Å². The summed E-state index contributed by atoms with van der Waals surface area (Å²) in [5.41, 5.74) is 8.79. The molecule has 7 nitrogen and oxygen atoms in total. The molecule has 1 fully saturated rings. The molecule has 1 aromatic heterocycles. The summed E-state index contributed by atoms with van der Waals surface area (Å²) in [6, 6.07) is 8.41. The van der Waals surface area contributed by atoms with Crippen LogP contribution in [0.25, 0.3) is 10.9 Å². The van der Waals surface area contributed by atoms with Crippen LogP contribution in [0.3, 0.4) is 0 Å². The Labute approximate surface area is 141 Å². The Morgan fingerprint density at radius 2 is 2.17 bits per heavy atom. The van der Waals surface area contributed by atoms with Gasteiger partial charge in [-0.15, -0.1) is 0 Å². The fourth-order valence-corrected chi connectivity index (χ4v) is 3.25. The molecule has 0 aliphatic carbocycles. The number of aryl methyl sites for hydroxylation is 1. The SMILES string of the molecule is CCn1c(C2CC(NC(=O)COC)NN2)cc2cc(OC)ccc21. The number of rotatable bonds is 6. The van der Waals surface area contributed by atoms with Crippen molar-refractivity contribution in [2.45, 2.75) is 32.1 Å². The predicted octanol–water partition coefficient (Wildman–Crippen LogP) is 1.30. The predicted molar refractivity (Wildman–Crippen MR) is 91.6 cm³/mol. The van der Waals surface area contributed by atoms with Crippen molar-refractivity contribution in [2.24, 2.45) is 0 Å². The van der Waals surface area contributed by atoms with Crippen LogP contribution in [-0.2, 0) is 16.1 Å². The van der Waals surface area contributed by atoms with Gasteiger partial charge in [0, 0.05) is 36.7 Å². The second-order valence-electron chi connectivity index (χ2n) is 5.87. The molecular weight excluding hydrogens is 308 g/mol. The molecule has 2 atom stereocenters. The van der Waals surface area contributed by atoms with Gasteiger partial charge in [0.2, 0.25) is 5.91 Å². The Kier molecular flexibility index (Phi) is 5.03. The average Bonchev–Trinajstić information content (AvgIpc) is 3.17. The zero-order chi connectivity index (χ0) is 17.1. The third-order valence-electron chi connectivity index (χ3n) is 4.33. The fourth-order valence-electron chi connectivity index (χ4n) is 3.25. The number of amides is 1. The van der Waals surface area contributed by atoms with Crippen molar-refractivity contribution in [1.82, 2.24) is 20.7 Å². The van der Waals surface area contributed by atoms with Gasteiger partial charge in [-0.2, -0.15) is 0 Å². The van der Waals surface area contributed by atoms with Gasteiger partial charge in [-0.05, 0) is 31.2 Å². The van der Waals surface area contributed by atoms with Crippen molar-refractivity contribution in [3.63, 3.8) is 0 Å². The number of ether oxygens (including phenoxy) is 2. The lowest BCUT2D eigenvalue weighted by atomic mass is 10.1. The van der Waals surface area contributed by atoms with E-state index in [-0.39, 0.29) is 24.7 Å². The van der Waals surface area contributed by atoms with Crippen LogP contribution in [0.1, 0.15) is 25.1 Å². The first-order chi connectivity index (χ1) is 11.7. The summed E-state index contributed by atoms with van der Waals surface area (Å²) in [6.07, 6.45) is 0.652. The number of carbonyl (C=O) groups excluding carboxylic acids is 1. The van der Waals surface area contributed by atoms with Gasteiger partial charge < -0.3 is 19.4 Å². The summed E-state index contributed by atoms with van der Waals surface area (Å²) < 4.78 is 12.5. The summed E-state index contributed by atoms with van der Waals surface area (Å²) in [7, 11) is 3.19. The van der Waals surface area contributed by atoms with Gasteiger partial charge in [0.1, 0.15) is 12.4 Å². The minimum Gasteiger partial charge on any atom is -0.497 e. The Bertz CT molecular complexity index is 728. The van der Waals surface area contributed by atoms with Crippen molar-refractivity contribution in [1.29, 1.82) is 0 Å². The Hall–Kier alpha value is -2.09. The normalized spacial score (nSPS) is 20.5. The topological polar surface area (TPSA) is 76.6 Å². The van der Waals surface area contributed by atoms with Crippen LogP contribution in [0.15, 0.2) is 24.3 Å². The second-order valence-corrected chi connectivity index (χ2v) is 5.87. The molecule has 24 heavy (non-hydrogen) atoms. The molecule has 1 aliphatic heterocycles. The van der Waals surface area contributed by atoms with Crippen LogP contribution in [0, 0.1) is 0 Å². The minimum absolute atomic E-state index is 0.0673. The highest BCUT2D eigenvalue weighted by molar-refractivity contribution is 5.83. The van der Waals surface area contributed by atoms with Gasteiger partial charge in [0.05, 0.1) is 19.3 Å². The number of benzene rings is 1. The lowest BCUT2D eigenvalue weighted by molar-refractivity contribution is -0.125. The Balaban J connectivity index is 1.80. The first kappa shape index (κ1) is 16.8. The van der Waals surface area contributed by atoms with E-state index in [0.29, 0.717) is 0 Å². The highest BCUT2D eigenvalue weighted by atomic mass is 16.5. The number of methoxy groups -OCH3 is 2. The lowest BCUT2D eigenvalue weighted by Gasteiger charge is -2.14. The van der Waals surface area contributed by atoms with Gasteiger partial charge in [-0.25, -0.2) is 10.9 Å². The van der Waals surface area contributed by atoms with E-state index in [9.17, 15) is 4.79 Å². The Morgan fingerprint density at radius 3 is 2.88 bits per heavy atom. The van der Waals surface area contributed by atoms with Crippen molar-refractivity contribution in [2.75, 3.05) is 20.8 Å². The molecule has 3 N–H and O–H groups in total. The molecule has 1 saturated heterocycles. The summed E-state index contributed by atoms with van der Waals surface area (Å²) in [5.74, 6) is 0.725. The lowest BCUT2D eigenvalue weighted by Crippen LogP contribution is -2.45. The van der Waals surface area contributed by atoms with Crippen molar-refractivity contribution in [3.05, 3.63) is 30.0 Å². The number of carbonyl (C=O) groups is 1. The van der Waals surface area contributed by atoms with Crippen LogP contribution in [-0.4, -0.2) is 37.5 Å². The molecule has 2 heterocycles. The summed E-state index contributed by atoms with van der Waals surface area (Å²) in [5, 5.41) is 4.05. The highest BCUT2D eigenvalue weighted by Crippen LogP contribution is 2.30. The van der Waals surface area contributed by atoms with E-state index >= 15 is 0 Å². The molecule has 1 aromatic carbocycles. The van der Waals surface area contributed by atoms with Crippen LogP contribution >= 0.6 is 0 Å². The minimum atomic E-state index is -0.127. The van der Waals surface area contributed by atoms with Crippen molar-refractivity contribution in [3.8, 4) is 5.75 Å². The molecule has 0 radical (unpaired) electrons. The highest BCUT2D eigenvalue weighted by Gasteiger charge is 2.28. The van der Waals surface area contributed by atoms with Crippen LogP contribution in [0.2, 0.25) is 0 Å². The van der Waals surface area contributed by atoms with E-state index in [1.165, 1.54) is 18.3 Å². The maximum Gasteiger partial charge on any atom is 0.247 e. The number of fused-ring (bicyclic) bond motifs is 1. The first-order valence-electron chi connectivity index (χ1n) is 8.12. The van der Waals surface area contributed by atoms with E-state index < -0.39 is 0 Å². The molecule has 0 spiro atoms. The molecule has 0 bridgehead atoms. The average molecular weight is 332 g/mol. The molecule has 7 heteroatoms. The summed E-state index contributed by atoms with van der Waals surface area (Å²) in [6.45, 7) is 3.08. The van der Waals surface area contributed by atoms with Crippen LogP contribution < -0.4 is 20.9 Å². The molecule has 1 aliphatic rings. The number of hydrogen-bond acceptors (Lipinski definition) is 5. The molecule has 2 aromatic rings. The Morgan fingerprint density at radius 1 is 1.33 bits per heavy atom. The fraction of sp³-hybridized carbons (Fsp3) is 0.471. The maximum atomic E-state index is 11.7. The number of nitrogens with zero attached hydrogens (tertiary/aromatic N) is 1. The molecule has 0 saturated carbocycles. The third-order valence-corrected chi connectivity index (χ3v) is 4.33. The number of aromatic nitrogens is 1. The van der Waals surface area contributed by atoms with E-state index in [2.05, 4.69) is 39.8 Å². The number of hydrogen-bond donors (Lipinski definition) is 3. The largest absolute Gasteiger partial charge is 0.497 e. The van der Waals surface area contributed by atoms with Crippen molar-refractivity contribution < 1.29 is 14.3 Å². The second kappa shape index (κ2) is 7.21. The van der Waals surface area contributed by atoms with Crippen LogP contribution in [0.5, 0.6) is 5.75 Å². The van der Waals surface area contributed by atoms with E-state index in [0.717, 1.165) is 24.1 Å². The summed E-state index contributed by atoms with van der Waals surface area (Å²) in [4.78, 5) is 11.7. The van der Waals surface area contributed by atoms with Crippen LogP contribution in [0.4, 0.5) is 0 Å². The van der Waals surface area contributed by atoms with Gasteiger partial charge in [0.25, 0.3) is 0 Å². The zero-order valence-corrected chi connectivity index (χ0v) is 14.3. The first-order valence-corrected chi connectivity index (χ1v) is 8.12. The van der Waals surface area contributed by atoms with Gasteiger partial charge >= 0.3 is 0 Å². The number of nitrogens with one attached hydrogen (secondary N) is 3. The molecule has 1 amide bonds. The smallest absolute Gasteiger partial charge is 0.247 e. The number of hydrazine groups is 1. The molecular formula is C17H24N4O3. The quantitative estimate of drug-likeness (QED) is 0.743. The maximum absolute atomic E-state index is 11.7. The van der Waals surface area contributed by atoms with Gasteiger partial charge in [-0.1, -0.05) is 0 Å². The monoisotopic (exact) mass is 332 g/mol. The van der Waals surface area contributed by atoms with Crippen molar-refractivity contribution >= 4 is 16.8 Å². The molecule has 130 valence electrons. The standard InChI is InChI=1S/C17H24N4O3/c1-4-21-14-6-5-12(24-3)7-11(14)8-15(21)13-9-16(20-19-13)18-17(22)10-23-2/h5-8,13,16,19-20H,4,9-10H2,1-3H3,(H,18,22). The van der Waals surface area contributed by atoms with E-state index in [4.69, 9.17) is 9.47 Å². The van der Waals surface area contributed by atoms with E-state index in [1.807, 2.05) is 12.1 Å². The summed E-state index contributed by atoms with van der Waals surface area (Å²) >= 11 is 0. The van der Waals surface area contributed by atoms with Gasteiger partial charge in [0.15, 0.2) is 0 Å².